The minimum atomic E-state index is 0.111. The van der Waals surface area contributed by atoms with Gasteiger partial charge < -0.3 is 10.2 Å². The third kappa shape index (κ3) is 3.85. The van der Waals surface area contributed by atoms with Crippen molar-refractivity contribution >= 4 is 11.6 Å². The van der Waals surface area contributed by atoms with Crippen LogP contribution in [0.3, 0.4) is 0 Å². The molecule has 0 bridgehead atoms. The molecule has 25 heavy (non-hydrogen) atoms. The van der Waals surface area contributed by atoms with Crippen molar-refractivity contribution in [3.8, 4) is 5.69 Å². The molecule has 1 aromatic carbocycles. The lowest BCUT2D eigenvalue weighted by Crippen LogP contribution is -2.49. The van der Waals surface area contributed by atoms with Gasteiger partial charge in [-0.1, -0.05) is 18.2 Å². The molecule has 2 aromatic rings. The molecule has 1 N–H and O–H groups in total. The van der Waals surface area contributed by atoms with Crippen molar-refractivity contribution in [2.75, 3.05) is 44.2 Å². The van der Waals surface area contributed by atoms with E-state index in [4.69, 9.17) is 5.10 Å². The van der Waals surface area contributed by atoms with Crippen molar-refractivity contribution in [2.45, 2.75) is 20.8 Å². The zero-order chi connectivity index (χ0) is 17.8. The van der Waals surface area contributed by atoms with Gasteiger partial charge in [-0.3, -0.25) is 9.69 Å². The van der Waals surface area contributed by atoms with Crippen LogP contribution in [0.25, 0.3) is 5.69 Å². The highest BCUT2D eigenvalue weighted by molar-refractivity contribution is 5.78. The third-order valence-electron chi connectivity index (χ3n) is 4.68. The number of carbonyl (C=O) groups excluding carboxylic acids is 1. The number of nitrogens with zero attached hydrogens (tertiary/aromatic N) is 4. The van der Waals surface area contributed by atoms with Crippen LogP contribution in [0.15, 0.2) is 30.3 Å². The van der Waals surface area contributed by atoms with E-state index in [-0.39, 0.29) is 5.91 Å². The van der Waals surface area contributed by atoms with Crippen LogP contribution in [-0.2, 0) is 4.79 Å². The third-order valence-corrected chi connectivity index (χ3v) is 4.68. The predicted molar refractivity (Wildman–Crippen MR) is 100 cm³/mol. The van der Waals surface area contributed by atoms with Crippen molar-refractivity contribution in [1.82, 2.24) is 20.0 Å². The lowest BCUT2D eigenvalue weighted by atomic mass is 10.2. The van der Waals surface area contributed by atoms with Gasteiger partial charge in [-0.2, -0.15) is 5.10 Å². The number of benzene rings is 1. The van der Waals surface area contributed by atoms with E-state index in [0.29, 0.717) is 13.1 Å². The molecular weight excluding hydrogens is 314 g/mol. The summed E-state index contributed by atoms with van der Waals surface area (Å²) < 4.78 is 2.02. The lowest BCUT2D eigenvalue weighted by Gasteiger charge is -2.35. The average molecular weight is 341 g/mol. The molecule has 6 heteroatoms. The number of nitrogens with one attached hydrogen (secondary N) is 1. The number of hydrogen-bond acceptors (Lipinski definition) is 4. The molecule has 0 radical (unpaired) electrons. The van der Waals surface area contributed by atoms with Gasteiger partial charge in [0.15, 0.2) is 0 Å². The van der Waals surface area contributed by atoms with Crippen LogP contribution in [0.4, 0.5) is 5.69 Å². The van der Waals surface area contributed by atoms with Gasteiger partial charge in [0.1, 0.15) is 0 Å². The molecule has 1 saturated heterocycles. The highest BCUT2D eigenvalue weighted by atomic mass is 16.2. The maximum Gasteiger partial charge on any atom is 0.234 e. The summed E-state index contributed by atoms with van der Waals surface area (Å²) in [5.41, 5.74) is 4.53. The summed E-state index contributed by atoms with van der Waals surface area (Å²) in [7, 11) is 0. The number of likely N-dealkylation sites (N-methyl/N-ethyl adjacent to an activating group) is 1. The molecule has 0 aliphatic carbocycles. The predicted octanol–water partition coefficient (Wildman–Crippen LogP) is 1.75. The van der Waals surface area contributed by atoms with Crippen LogP contribution in [0.2, 0.25) is 0 Å². The molecule has 3 rings (SSSR count). The number of piperazine rings is 1. The van der Waals surface area contributed by atoms with Gasteiger partial charge in [0, 0.05) is 32.7 Å². The largest absolute Gasteiger partial charge is 0.366 e. The van der Waals surface area contributed by atoms with E-state index in [2.05, 4.69) is 41.1 Å². The molecule has 1 aromatic heterocycles. The molecule has 134 valence electrons. The van der Waals surface area contributed by atoms with Gasteiger partial charge in [-0.25, -0.2) is 4.68 Å². The average Bonchev–Trinajstić information content (AvgIpc) is 2.91. The highest BCUT2D eigenvalue weighted by Crippen LogP contribution is 2.27. The Balaban J connectivity index is 1.70. The van der Waals surface area contributed by atoms with Crippen molar-refractivity contribution in [2.24, 2.45) is 0 Å². The molecule has 0 atom stereocenters. The number of aryl methyl sites for hydroxylation is 1. The van der Waals surface area contributed by atoms with Crippen LogP contribution in [0.5, 0.6) is 0 Å². The van der Waals surface area contributed by atoms with Crippen LogP contribution in [0, 0.1) is 13.8 Å². The smallest absolute Gasteiger partial charge is 0.234 e. The Morgan fingerprint density at radius 2 is 1.80 bits per heavy atom. The summed E-state index contributed by atoms with van der Waals surface area (Å²) in [5.74, 6) is 0.111. The standard InChI is InChI=1S/C19H27N5O/c1-4-20-18(25)14-22-10-12-23(13-11-22)19-15(2)21-24(16(19)3)17-8-6-5-7-9-17/h5-9H,4,10-14H2,1-3H3,(H,20,25). The monoisotopic (exact) mass is 341 g/mol. The van der Waals surface area contributed by atoms with Gasteiger partial charge in [-0.05, 0) is 32.9 Å². The van der Waals surface area contributed by atoms with Crippen LogP contribution < -0.4 is 10.2 Å². The van der Waals surface area contributed by atoms with Gasteiger partial charge in [0.05, 0.1) is 29.3 Å². The van der Waals surface area contributed by atoms with Crippen molar-refractivity contribution in [3.05, 3.63) is 41.7 Å². The summed E-state index contributed by atoms with van der Waals surface area (Å²) in [6.45, 7) is 11.0. The maximum atomic E-state index is 11.8. The van der Waals surface area contributed by atoms with Crippen LogP contribution in [0.1, 0.15) is 18.3 Å². The Kier molecular flexibility index (Phi) is 5.38. The minimum Gasteiger partial charge on any atom is -0.366 e. The second-order valence-corrected chi connectivity index (χ2v) is 6.48. The second-order valence-electron chi connectivity index (χ2n) is 6.48. The van der Waals surface area contributed by atoms with Crippen molar-refractivity contribution in [1.29, 1.82) is 0 Å². The van der Waals surface area contributed by atoms with E-state index in [0.717, 1.165) is 37.6 Å². The van der Waals surface area contributed by atoms with E-state index in [1.807, 2.05) is 29.8 Å². The van der Waals surface area contributed by atoms with E-state index in [1.54, 1.807) is 0 Å². The second kappa shape index (κ2) is 7.70. The Bertz CT molecular complexity index is 717. The Labute approximate surface area is 149 Å². The summed E-state index contributed by atoms with van der Waals surface area (Å²) >= 11 is 0. The first-order valence-electron chi connectivity index (χ1n) is 8.95. The molecule has 0 unspecified atom stereocenters. The van der Waals surface area contributed by atoms with Gasteiger partial charge in [-0.15, -0.1) is 0 Å². The van der Waals surface area contributed by atoms with E-state index in [9.17, 15) is 4.79 Å². The zero-order valence-electron chi connectivity index (χ0n) is 15.3. The van der Waals surface area contributed by atoms with E-state index in [1.165, 1.54) is 11.4 Å². The molecule has 1 aliphatic heterocycles. The number of anilines is 1. The summed E-state index contributed by atoms with van der Waals surface area (Å²) in [5, 5.41) is 7.61. The van der Waals surface area contributed by atoms with Crippen LogP contribution in [-0.4, -0.2) is 59.9 Å². The molecule has 1 aliphatic rings. The fourth-order valence-corrected chi connectivity index (χ4v) is 3.50. The summed E-state index contributed by atoms with van der Waals surface area (Å²) in [6.07, 6.45) is 0. The number of para-hydroxylation sites is 1. The van der Waals surface area contributed by atoms with Gasteiger partial charge in [0.25, 0.3) is 0 Å². The molecule has 0 saturated carbocycles. The number of hydrogen-bond donors (Lipinski definition) is 1. The number of rotatable bonds is 5. The molecule has 2 heterocycles. The molecule has 0 spiro atoms. The molecule has 6 nitrogen and oxygen atoms in total. The maximum absolute atomic E-state index is 11.8. The van der Waals surface area contributed by atoms with Gasteiger partial charge >= 0.3 is 0 Å². The van der Waals surface area contributed by atoms with Crippen molar-refractivity contribution in [3.63, 3.8) is 0 Å². The fraction of sp³-hybridized carbons (Fsp3) is 0.474. The summed E-state index contributed by atoms with van der Waals surface area (Å²) in [4.78, 5) is 16.4. The Morgan fingerprint density at radius 3 is 2.44 bits per heavy atom. The van der Waals surface area contributed by atoms with E-state index >= 15 is 0 Å². The highest BCUT2D eigenvalue weighted by Gasteiger charge is 2.24. The normalized spacial score (nSPS) is 15.4. The van der Waals surface area contributed by atoms with Crippen molar-refractivity contribution < 1.29 is 4.79 Å². The first-order valence-corrected chi connectivity index (χ1v) is 8.95. The Morgan fingerprint density at radius 1 is 1.12 bits per heavy atom. The molecule has 1 amide bonds. The summed E-state index contributed by atoms with van der Waals surface area (Å²) in [6, 6.07) is 10.2. The number of carbonyl (C=O) groups is 1. The van der Waals surface area contributed by atoms with E-state index < -0.39 is 0 Å². The zero-order valence-corrected chi connectivity index (χ0v) is 15.3. The topological polar surface area (TPSA) is 53.4 Å². The van der Waals surface area contributed by atoms with Gasteiger partial charge in [0.2, 0.25) is 5.91 Å². The SMILES string of the molecule is CCNC(=O)CN1CCN(c2c(C)nn(-c3ccccc3)c2C)CC1. The molecular formula is C19H27N5O. The minimum absolute atomic E-state index is 0.111. The molecule has 1 fully saturated rings. The first kappa shape index (κ1) is 17.5. The quantitative estimate of drug-likeness (QED) is 0.900. The number of amides is 1. The number of aromatic nitrogens is 2. The Hall–Kier alpha value is -2.34. The first-order chi connectivity index (χ1) is 12.1. The fourth-order valence-electron chi connectivity index (χ4n) is 3.50. The van der Waals surface area contributed by atoms with Crippen LogP contribution >= 0.6 is 0 Å². The lowest BCUT2D eigenvalue weighted by molar-refractivity contribution is -0.122.